The van der Waals surface area contributed by atoms with E-state index in [2.05, 4.69) is 25.5 Å². The monoisotopic (exact) mass is 652 g/mol. The number of benzene rings is 1. The number of anilines is 2. The first kappa shape index (κ1) is 33.2. The van der Waals surface area contributed by atoms with Crippen LogP contribution in [-0.4, -0.2) is 69.0 Å². The van der Waals surface area contributed by atoms with Gasteiger partial charge < -0.3 is 14.9 Å². The summed E-state index contributed by atoms with van der Waals surface area (Å²) in [6, 6.07) is 6.37. The number of ketones is 1. The molecule has 3 aliphatic rings. The highest BCUT2D eigenvalue weighted by atomic mass is 16.6. The molecule has 0 unspecified atom stereocenters. The second-order valence-corrected chi connectivity index (χ2v) is 11.1. The molecule has 1 aromatic carbocycles. The van der Waals surface area contributed by atoms with E-state index in [-0.39, 0.29) is 46.5 Å². The lowest BCUT2D eigenvalue weighted by Crippen LogP contribution is -2.29. The Labute approximate surface area is 274 Å². The number of amides is 1. The van der Waals surface area contributed by atoms with E-state index in [1.807, 2.05) is 31.1 Å². The van der Waals surface area contributed by atoms with E-state index in [1.165, 1.54) is 4.57 Å². The number of hydrazone groups is 1. The minimum absolute atomic E-state index is 0.134. The Balaban J connectivity index is 1.39. The first-order chi connectivity index (χ1) is 23.0. The van der Waals surface area contributed by atoms with Crippen molar-refractivity contribution in [2.24, 2.45) is 25.5 Å². The highest BCUT2D eigenvalue weighted by Crippen LogP contribution is 2.36. The molecule has 16 heteroatoms. The van der Waals surface area contributed by atoms with E-state index in [0.29, 0.717) is 35.6 Å². The Morgan fingerprint density at radius 1 is 1.02 bits per heavy atom. The molecule has 1 amide bonds. The van der Waals surface area contributed by atoms with Crippen LogP contribution in [0.3, 0.4) is 0 Å². The molecule has 5 rings (SSSR count). The predicted molar refractivity (Wildman–Crippen MR) is 181 cm³/mol. The van der Waals surface area contributed by atoms with Crippen molar-refractivity contribution in [3.05, 3.63) is 98.8 Å². The predicted octanol–water partition coefficient (Wildman–Crippen LogP) is 4.29. The number of carbonyl (C=O) groups excluding carboxylic acids is 2. The number of allylic oxidation sites excluding steroid dienone is 5. The number of hydrogen-bond acceptors (Lipinski definition) is 13. The molecule has 0 spiro atoms. The molecule has 1 aliphatic carbocycles. The number of aromatic hydroxyl groups is 1. The fraction of sp³-hybridized carbons (Fsp3) is 0.250. The lowest BCUT2D eigenvalue weighted by Gasteiger charge is -2.23. The van der Waals surface area contributed by atoms with Crippen molar-refractivity contribution in [1.29, 1.82) is 0 Å². The van der Waals surface area contributed by atoms with Crippen LogP contribution in [0, 0.1) is 17.0 Å². The normalized spacial score (nSPS) is 17.9. The lowest BCUT2D eigenvalue weighted by molar-refractivity contribution is -0.418. The fourth-order valence-electron chi connectivity index (χ4n) is 4.95. The lowest BCUT2D eigenvalue weighted by atomic mass is 10.1. The summed E-state index contributed by atoms with van der Waals surface area (Å²) in [4.78, 5) is 52.8. The van der Waals surface area contributed by atoms with Gasteiger partial charge in [-0.15, -0.1) is 15.3 Å². The van der Waals surface area contributed by atoms with Crippen LogP contribution in [0.4, 0.5) is 22.7 Å². The van der Waals surface area contributed by atoms with Gasteiger partial charge in [0.2, 0.25) is 11.7 Å². The number of hydrogen-bond donors (Lipinski definition) is 1. The SMILES string of the molecule is CC1=NN(c2ccc(N=Nc3c(C)c(N4C=CCC=C4)c(=O)n(CCCN(C)C)c3O)cc2)C(=O)/C1=N\N=C1/C=C([N+](=O)[O-])C=CC1=O. The summed E-state index contributed by atoms with van der Waals surface area (Å²) < 4.78 is 1.31. The summed E-state index contributed by atoms with van der Waals surface area (Å²) in [5.74, 6) is -1.49. The molecule has 1 aromatic heterocycles. The topological polar surface area (TPSA) is 191 Å². The average Bonchev–Trinajstić information content (AvgIpc) is 3.35. The van der Waals surface area contributed by atoms with Crippen LogP contribution in [0.25, 0.3) is 0 Å². The minimum atomic E-state index is -0.665. The zero-order chi connectivity index (χ0) is 34.5. The Morgan fingerprint density at radius 2 is 1.73 bits per heavy atom. The molecular formula is C32H32N10O6. The molecule has 0 saturated heterocycles. The standard InChI is InChI=1S/C32H32N10O6/c1-20-27(30(44)40(18-8-15-38(3)4)32(46)29(20)39-16-6-5-7-17-39)35-33-22-9-11-23(12-10-22)41-31(45)28(21(2)37-41)36-34-25-19-24(42(47)48)13-14-26(25)43/h6-7,9-14,16-17,19,44H,5,8,15,18H2,1-4H3/b34-25+,35-33?,36-28-. The van der Waals surface area contributed by atoms with Crippen LogP contribution in [0.1, 0.15) is 25.3 Å². The maximum Gasteiger partial charge on any atom is 0.301 e. The number of rotatable bonds is 10. The zero-order valence-corrected chi connectivity index (χ0v) is 26.6. The molecule has 0 atom stereocenters. The Morgan fingerprint density at radius 3 is 2.40 bits per heavy atom. The fourth-order valence-corrected chi connectivity index (χ4v) is 4.95. The van der Waals surface area contributed by atoms with Gasteiger partial charge in [-0.2, -0.15) is 15.2 Å². The van der Waals surface area contributed by atoms with Crippen molar-refractivity contribution in [2.45, 2.75) is 33.2 Å². The van der Waals surface area contributed by atoms with Crippen molar-refractivity contribution in [2.75, 3.05) is 30.5 Å². The first-order valence-corrected chi connectivity index (χ1v) is 14.8. The van der Waals surface area contributed by atoms with Gasteiger partial charge in [-0.05, 0) is 77.7 Å². The van der Waals surface area contributed by atoms with Crippen molar-refractivity contribution < 1.29 is 19.6 Å². The van der Waals surface area contributed by atoms with E-state index in [4.69, 9.17) is 0 Å². The van der Waals surface area contributed by atoms with Crippen LogP contribution < -0.4 is 15.5 Å². The van der Waals surface area contributed by atoms with Crippen molar-refractivity contribution in [3.8, 4) is 5.88 Å². The Hall–Kier alpha value is -6.16. The van der Waals surface area contributed by atoms with E-state index in [9.17, 15) is 29.6 Å². The number of pyridine rings is 1. The van der Waals surface area contributed by atoms with Crippen molar-refractivity contribution in [3.63, 3.8) is 0 Å². The quantitative estimate of drug-likeness (QED) is 0.170. The van der Waals surface area contributed by atoms with Gasteiger partial charge in [-0.1, -0.05) is 12.2 Å². The van der Waals surface area contributed by atoms with Crippen molar-refractivity contribution >= 4 is 51.6 Å². The minimum Gasteiger partial charge on any atom is -0.493 e. The summed E-state index contributed by atoms with van der Waals surface area (Å²) in [5, 5.41) is 43.8. The molecule has 0 saturated carbocycles. The molecule has 2 aliphatic heterocycles. The van der Waals surface area contributed by atoms with Gasteiger partial charge in [0.25, 0.3) is 11.3 Å². The molecule has 0 fully saturated rings. The summed E-state index contributed by atoms with van der Waals surface area (Å²) in [5.41, 5.74) is 0.865. The maximum atomic E-state index is 13.5. The van der Waals surface area contributed by atoms with Crippen LogP contribution in [0.15, 0.2) is 103 Å². The number of aromatic nitrogens is 1. The Bertz CT molecular complexity index is 1970. The van der Waals surface area contributed by atoms with Gasteiger partial charge in [0.05, 0.1) is 22.0 Å². The molecule has 48 heavy (non-hydrogen) atoms. The molecule has 246 valence electrons. The van der Waals surface area contributed by atoms with E-state index >= 15 is 0 Å². The third kappa shape index (κ3) is 6.97. The van der Waals surface area contributed by atoms with Gasteiger partial charge in [-0.3, -0.25) is 29.1 Å². The summed E-state index contributed by atoms with van der Waals surface area (Å²) in [6.45, 7) is 4.24. The molecule has 0 bridgehead atoms. The third-order valence-electron chi connectivity index (χ3n) is 7.43. The first-order valence-electron chi connectivity index (χ1n) is 14.8. The number of carbonyl (C=O) groups is 2. The summed E-state index contributed by atoms with van der Waals surface area (Å²) in [6.07, 6.45) is 11.9. The highest BCUT2D eigenvalue weighted by Gasteiger charge is 2.31. The molecule has 0 radical (unpaired) electrons. The Kier molecular flexibility index (Phi) is 9.75. The highest BCUT2D eigenvalue weighted by molar-refractivity contribution is 6.71. The smallest absolute Gasteiger partial charge is 0.301 e. The largest absolute Gasteiger partial charge is 0.493 e. The second kappa shape index (κ2) is 14.1. The number of azo groups is 1. The zero-order valence-electron chi connectivity index (χ0n) is 26.6. The van der Waals surface area contributed by atoms with E-state index in [1.54, 1.807) is 55.4 Å². The molecule has 3 heterocycles. The molecular weight excluding hydrogens is 620 g/mol. The van der Waals surface area contributed by atoms with E-state index in [0.717, 1.165) is 29.7 Å². The summed E-state index contributed by atoms with van der Waals surface area (Å²) >= 11 is 0. The van der Waals surface area contributed by atoms with Gasteiger partial charge in [0, 0.05) is 36.7 Å². The molecule has 16 nitrogen and oxygen atoms in total. The van der Waals surface area contributed by atoms with Crippen LogP contribution in [0.5, 0.6) is 5.88 Å². The molecule has 2 aromatic rings. The van der Waals surface area contributed by atoms with Crippen molar-refractivity contribution in [1.82, 2.24) is 9.47 Å². The molecule has 1 N–H and O–H groups in total. The average molecular weight is 653 g/mol. The van der Waals surface area contributed by atoms with Crippen LogP contribution in [-0.2, 0) is 16.1 Å². The van der Waals surface area contributed by atoms with Crippen LogP contribution in [0.2, 0.25) is 0 Å². The third-order valence-corrected chi connectivity index (χ3v) is 7.43. The van der Waals surface area contributed by atoms with Gasteiger partial charge in [-0.25, -0.2) is 0 Å². The summed E-state index contributed by atoms with van der Waals surface area (Å²) in [7, 11) is 3.86. The van der Waals surface area contributed by atoms with Gasteiger partial charge in [0.15, 0.2) is 11.4 Å². The maximum absolute atomic E-state index is 13.5. The number of nitro groups is 1. The number of nitrogens with zero attached hydrogens (tertiary/aromatic N) is 10. The van der Waals surface area contributed by atoms with Gasteiger partial charge in [0.1, 0.15) is 11.4 Å². The van der Waals surface area contributed by atoms with Crippen LogP contribution >= 0.6 is 0 Å². The van der Waals surface area contributed by atoms with Gasteiger partial charge >= 0.3 is 5.91 Å². The van der Waals surface area contributed by atoms with E-state index < -0.39 is 16.6 Å². The second-order valence-electron chi connectivity index (χ2n) is 11.1.